The van der Waals surface area contributed by atoms with E-state index in [1.807, 2.05) is 0 Å². The quantitative estimate of drug-likeness (QED) is 0.789. The number of para-hydroxylation sites is 1. The van der Waals surface area contributed by atoms with Crippen molar-refractivity contribution in [1.29, 1.82) is 0 Å². The molecule has 0 atom stereocenters. The number of hydrogen-bond acceptors (Lipinski definition) is 6. The minimum atomic E-state index is -3.79. The van der Waals surface area contributed by atoms with Gasteiger partial charge < -0.3 is 4.74 Å². The molecule has 0 radical (unpaired) electrons. The van der Waals surface area contributed by atoms with Crippen LogP contribution in [-0.4, -0.2) is 30.5 Å². The summed E-state index contributed by atoms with van der Waals surface area (Å²) in [7, 11) is -2.36. The van der Waals surface area contributed by atoms with Gasteiger partial charge >= 0.3 is 6.01 Å². The first kappa shape index (κ1) is 14.2. The Hall–Kier alpha value is -2.74. The molecule has 3 rings (SSSR count). The maximum absolute atomic E-state index is 12.5. The van der Waals surface area contributed by atoms with Gasteiger partial charge in [-0.1, -0.05) is 18.2 Å². The second kappa shape index (κ2) is 5.57. The molecule has 0 aliphatic rings. The summed E-state index contributed by atoms with van der Waals surface area (Å²) in [5.41, 5.74) is 0.653. The van der Waals surface area contributed by atoms with Crippen molar-refractivity contribution in [2.24, 2.45) is 0 Å². The molecule has 0 saturated heterocycles. The van der Waals surface area contributed by atoms with Gasteiger partial charge in [0.2, 0.25) is 0 Å². The van der Waals surface area contributed by atoms with E-state index < -0.39 is 10.0 Å². The average molecular weight is 316 g/mol. The lowest BCUT2D eigenvalue weighted by atomic mass is 10.2. The van der Waals surface area contributed by atoms with Crippen LogP contribution in [0.4, 0.5) is 5.69 Å². The van der Waals surface area contributed by atoms with Gasteiger partial charge in [0.05, 0.1) is 30.7 Å². The largest absolute Gasteiger partial charge is 0.467 e. The highest BCUT2D eigenvalue weighted by Gasteiger charge is 2.18. The highest BCUT2D eigenvalue weighted by molar-refractivity contribution is 7.93. The van der Waals surface area contributed by atoms with Crippen molar-refractivity contribution in [3.63, 3.8) is 0 Å². The fourth-order valence-corrected chi connectivity index (χ4v) is 3.19. The molecular weight excluding hydrogens is 304 g/mol. The summed E-state index contributed by atoms with van der Waals surface area (Å²) < 4.78 is 32.3. The normalized spacial score (nSPS) is 11.3. The number of pyridine rings is 1. The maximum atomic E-state index is 12.5. The molecule has 0 spiro atoms. The lowest BCUT2D eigenvalue weighted by Crippen LogP contribution is -2.14. The van der Waals surface area contributed by atoms with Crippen molar-refractivity contribution in [2.45, 2.75) is 4.90 Å². The molecule has 0 aliphatic heterocycles. The van der Waals surface area contributed by atoms with Crippen LogP contribution in [0, 0.1) is 0 Å². The van der Waals surface area contributed by atoms with Crippen LogP contribution in [0.5, 0.6) is 6.01 Å². The molecular formula is C14H12N4O3S. The summed E-state index contributed by atoms with van der Waals surface area (Å²) in [5, 5.41) is 0.747. The van der Waals surface area contributed by atoms with Crippen molar-refractivity contribution < 1.29 is 13.2 Å². The van der Waals surface area contributed by atoms with E-state index >= 15 is 0 Å². The van der Waals surface area contributed by atoms with Gasteiger partial charge in [-0.05, 0) is 12.1 Å². The molecule has 0 fully saturated rings. The average Bonchev–Trinajstić information content (AvgIpc) is 2.54. The van der Waals surface area contributed by atoms with E-state index in [2.05, 4.69) is 19.7 Å². The molecule has 7 nitrogen and oxygen atoms in total. The van der Waals surface area contributed by atoms with Gasteiger partial charge in [-0.25, -0.2) is 18.4 Å². The highest BCUT2D eigenvalue weighted by Crippen LogP contribution is 2.22. The Morgan fingerprint density at radius 1 is 1.05 bits per heavy atom. The van der Waals surface area contributed by atoms with E-state index in [4.69, 9.17) is 4.74 Å². The maximum Gasteiger partial charge on any atom is 0.316 e. The smallest absolute Gasteiger partial charge is 0.316 e. The predicted molar refractivity (Wildman–Crippen MR) is 81.1 cm³/mol. The van der Waals surface area contributed by atoms with Crippen molar-refractivity contribution in [3.05, 3.63) is 48.9 Å². The molecule has 0 bridgehead atoms. The first-order chi connectivity index (χ1) is 10.6. The number of nitrogens with zero attached hydrogens (tertiary/aromatic N) is 3. The Morgan fingerprint density at radius 3 is 2.50 bits per heavy atom. The summed E-state index contributed by atoms with van der Waals surface area (Å²) >= 11 is 0. The lowest BCUT2D eigenvalue weighted by Gasteiger charge is -2.09. The van der Waals surface area contributed by atoms with Crippen molar-refractivity contribution >= 4 is 26.6 Å². The van der Waals surface area contributed by atoms with Crippen LogP contribution < -0.4 is 9.46 Å². The number of ether oxygens (including phenoxy) is 1. The first-order valence-electron chi connectivity index (χ1n) is 6.33. The standard InChI is InChI=1S/C14H12N4O3S/c1-21-14-16-8-11(9-17-14)18-22(19,20)12-6-2-4-10-5-3-7-15-13(10)12/h2-9,18H,1H3. The summed E-state index contributed by atoms with van der Waals surface area (Å²) in [6.45, 7) is 0. The SMILES string of the molecule is COc1ncc(NS(=O)(=O)c2cccc3cccnc23)cn1. The van der Waals surface area contributed by atoms with Crippen molar-refractivity contribution in [3.8, 4) is 6.01 Å². The Balaban J connectivity index is 2.01. The van der Waals surface area contributed by atoms with Gasteiger partial charge in [0.25, 0.3) is 10.0 Å². The molecule has 0 saturated carbocycles. The van der Waals surface area contributed by atoms with E-state index in [0.29, 0.717) is 5.52 Å². The summed E-state index contributed by atoms with van der Waals surface area (Å²) in [5.74, 6) is 0. The summed E-state index contributed by atoms with van der Waals surface area (Å²) in [6.07, 6.45) is 4.22. The van der Waals surface area contributed by atoms with Crippen LogP contribution in [0.25, 0.3) is 10.9 Å². The Labute approximate surface area is 127 Å². The topological polar surface area (TPSA) is 94.1 Å². The molecule has 2 heterocycles. The summed E-state index contributed by atoms with van der Waals surface area (Å²) in [4.78, 5) is 12.0. The van der Waals surface area contributed by atoms with Crippen LogP contribution in [0.2, 0.25) is 0 Å². The van der Waals surface area contributed by atoms with E-state index in [1.54, 1.807) is 30.5 Å². The molecule has 0 unspecified atom stereocenters. The number of aromatic nitrogens is 3. The van der Waals surface area contributed by atoms with Crippen LogP contribution in [0.3, 0.4) is 0 Å². The monoisotopic (exact) mass is 316 g/mol. The van der Waals surface area contributed by atoms with E-state index in [-0.39, 0.29) is 16.6 Å². The fraction of sp³-hybridized carbons (Fsp3) is 0.0714. The van der Waals surface area contributed by atoms with Gasteiger partial charge in [-0.2, -0.15) is 0 Å². The first-order valence-corrected chi connectivity index (χ1v) is 7.81. The number of sulfonamides is 1. The van der Waals surface area contributed by atoms with E-state index in [0.717, 1.165) is 5.39 Å². The molecule has 2 aromatic heterocycles. The predicted octanol–water partition coefficient (Wildman–Crippen LogP) is 1.83. The van der Waals surface area contributed by atoms with E-state index in [9.17, 15) is 8.42 Å². The third kappa shape index (κ3) is 2.68. The van der Waals surface area contributed by atoms with Gasteiger partial charge in [0.15, 0.2) is 0 Å². The number of rotatable bonds is 4. The Kier molecular flexibility index (Phi) is 3.60. The Bertz CT molecular complexity index is 906. The summed E-state index contributed by atoms with van der Waals surface area (Å²) in [6, 6.07) is 8.69. The highest BCUT2D eigenvalue weighted by atomic mass is 32.2. The van der Waals surface area contributed by atoms with Gasteiger partial charge in [0, 0.05) is 11.6 Å². The zero-order chi connectivity index (χ0) is 15.6. The number of benzene rings is 1. The molecule has 22 heavy (non-hydrogen) atoms. The number of fused-ring (bicyclic) bond motifs is 1. The second-order valence-corrected chi connectivity index (χ2v) is 6.05. The molecule has 3 aromatic rings. The number of anilines is 1. The zero-order valence-electron chi connectivity index (χ0n) is 11.6. The number of hydrogen-bond donors (Lipinski definition) is 1. The van der Waals surface area contributed by atoms with Crippen molar-refractivity contribution in [1.82, 2.24) is 15.0 Å². The fourth-order valence-electron chi connectivity index (χ4n) is 1.98. The third-order valence-corrected chi connectivity index (χ3v) is 4.36. The lowest BCUT2D eigenvalue weighted by molar-refractivity contribution is 0.380. The van der Waals surface area contributed by atoms with Gasteiger partial charge in [-0.15, -0.1) is 0 Å². The molecule has 1 aromatic carbocycles. The molecule has 112 valence electrons. The minimum Gasteiger partial charge on any atom is -0.467 e. The number of methoxy groups -OCH3 is 1. The van der Waals surface area contributed by atoms with Crippen LogP contribution in [0.15, 0.2) is 53.8 Å². The minimum absolute atomic E-state index is 0.0985. The second-order valence-electron chi connectivity index (χ2n) is 4.40. The molecule has 8 heteroatoms. The van der Waals surface area contributed by atoms with Crippen LogP contribution in [0.1, 0.15) is 0 Å². The molecule has 0 aliphatic carbocycles. The van der Waals surface area contributed by atoms with Gasteiger partial charge in [0.1, 0.15) is 4.90 Å². The zero-order valence-corrected chi connectivity index (χ0v) is 12.4. The van der Waals surface area contributed by atoms with Gasteiger partial charge in [-0.3, -0.25) is 9.71 Å². The van der Waals surface area contributed by atoms with Crippen molar-refractivity contribution in [2.75, 3.05) is 11.8 Å². The van der Waals surface area contributed by atoms with Crippen LogP contribution in [-0.2, 0) is 10.0 Å². The molecule has 0 amide bonds. The van der Waals surface area contributed by atoms with Crippen LogP contribution >= 0.6 is 0 Å². The van der Waals surface area contributed by atoms with E-state index in [1.165, 1.54) is 25.6 Å². The molecule has 1 N–H and O–H groups in total. The third-order valence-electron chi connectivity index (χ3n) is 2.95. The Morgan fingerprint density at radius 2 is 1.77 bits per heavy atom. The number of nitrogens with one attached hydrogen (secondary N) is 1.